The van der Waals surface area contributed by atoms with Crippen LogP contribution in [0.5, 0.6) is 0 Å². The topological polar surface area (TPSA) is 66.4 Å². The lowest BCUT2D eigenvalue weighted by molar-refractivity contribution is -0.149. The summed E-state index contributed by atoms with van der Waals surface area (Å²) in [5.41, 5.74) is -0.870. The van der Waals surface area contributed by atoms with E-state index < -0.39 is 11.4 Å². The summed E-state index contributed by atoms with van der Waals surface area (Å²) >= 11 is 0. The van der Waals surface area contributed by atoms with Crippen molar-refractivity contribution in [3.05, 3.63) is 0 Å². The fourth-order valence-electron chi connectivity index (χ4n) is 1.11. The molecule has 0 aliphatic carbocycles. The van der Waals surface area contributed by atoms with Crippen molar-refractivity contribution in [1.29, 1.82) is 0 Å². The number of carboxylic acid groups (broad SMARTS) is 1. The molecular formula is C13H25NO3. The average Bonchev–Trinajstić information content (AvgIpc) is 2.11. The van der Waals surface area contributed by atoms with Crippen LogP contribution in [0.2, 0.25) is 0 Å². The number of amides is 1. The van der Waals surface area contributed by atoms with E-state index in [0.29, 0.717) is 12.5 Å². The molecule has 0 aromatic carbocycles. The molecule has 0 radical (unpaired) electrons. The molecule has 0 aromatic heterocycles. The Morgan fingerprint density at radius 2 is 1.65 bits per heavy atom. The zero-order chi connectivity index (χ0) is 13.9. The number of carbonyl (C=O) groups is 2. The highest BCUT2D eigenvalue weighted by Gasteiger charge is 2.30. The minimum Gasteiger partial charge on any atom is -0.481 e. The molecule has 0 aliphatic heterocycles. The Balaban J connectivity index is 4.18. The molecule has 100 valence electrons. The first-order valence-electron chi connectivity index (χ1n) is 5.97. The summed E-state index contributed by atoms with van der Waals surface area (Å²) in [7, 11) is 0. The molecular weight excluding hydrogens is 218 g/mol. The predicted octanol–water partition coefficient (Wildman–Crippen LogP) is 2.29. The number of hydrogen-bond donors (Lipinski definition) is 2. The van der Waals surface area contributed by atoms with Crippen molar-refractivity contribution in [3.63, 3.8) is 0 Å². The molecule has 0 rings (SSSR count). The standard InChI is InChI=1S/C13H25NO3/c1-9(12(2,3)4)8-14-10(15)7-13(5,6)11(16)17/h9H,7-8H2,1-6H3,(H,14,15)(H,16,17). The van der Waals surface area contributed by atoms with E-state index in [1.54, 1.807) is 13.8 Å². The van der Waals surface area contributed by atoms with Gasteiger partial charge in [0.25, 0.3) is 0 Å². The molecule has 2 N–H and O–H groups in total. The van der Waals surface area contributed by atoms with Gasteiger partial charge >= 0.3 is 5.97 Å². The first kappa shape index (κ1) is 15.9. The minimum absolute atomic E-state index is 0.0131. The van der Waals surface area contributed by atoms with Gasteiger partial charge in [0.2, 0.25) is 5.91 Å². The molecule has 1 amide bonds. The summed E-state index contributed by atoms with van der Waals surface area (Å²) in [5.74, 6) is -0.801. The first-order chi connectivity index (χ1) is 7.47. The third kappa shape index (κ3) is 5.71. The van der Waals surface area contributed by atoms with Gasteiger partial charge in [0.05, 0.1) is 5.41 Å². The van der Waals surface area contributed by atoms with Gasteiger partial charge in [-0.05, 0) is 25.2 Å². The highest BCUT2D eigenvalue weighted by molar-refractivity contribution is 5.84. The SMILES string of the molecule is CC(CNC(=O)CC(C)(C)C(=O)O)C(C)(C)C. The Hall–Kier alpha value is -1.06. The fraction of sp³-hybridized carbons (Fsp3) is 0.846. The van der Waals surface area contributed by atoms with Gasteiger partial charge in [-0.15, -0.1) is 0 Å². The van der Waals surface area contributed by atoms with Gasteiger partial charge in [-0.1, -0.05) is 27.7 Å². The molecule has 4 nitrogen and oxygen atoms in total. The molecule has 1 atom stereocenters. The van der Waals surface area contributed by atoms with Gasteiger partial charge in [-0.3, -0.25) is 9.59 Å². The number of carbonyl (C=O) groups excluding carboxylic acids is 1. The number of rotatable bonds is 5. The van der Waals surface area contributed by atoms with Crippen molar-refractivity contribution in [2.45, 2.75) is 48.0 Å². The van der Waals surface area contributed by atoms with Crippen LogP contribution < -0.4 is 5.32 Å². The summed E-state index contributed by atoms with van der Waals surface area (Å²) in [5, 5.41) is 11.7. The maximum absolute atomic E-state index is 11.6. The lowest BCUT2D eigenvalue weighted by Crippen LogP contribution is -2.37. The van der Waals surface area contributed by atoms with Crippen LogP contribution in [0, 0.1) is 16.7 Å². The first-order valence-corrected chi connectivity index (χ1v) is 5.97. The molecule has 0 aliphatic rings. The zero-order valence-corrected chi connectivity index (χ0v) is 11.8. The molecule has 0 fully saturated rings. The molecule has 0 saturated heterocycles. The van der Waals surface area contributed by atoms with Gasteiger partial charge in [0.15, 0.2) is 0 Å². The van der Waals surface area contributed by atoms with Gasteiger partial charge in [0.1, 0.15) is 0 Å². The summed E-state index contributed by atoms with van der Waals surface area (Å²) < 4.78 is 0. The second-order valence-electron chi connectivity index (χ2n) is 6.44. The average molecular weight is 243 g/mol. The van der Waals surface area contributed by atoms with E-state index in [9.17, 15) is 9.59 Å². The van der Waals surface area contributed by atoms with Crippen LogP contribution in [0.3, 0.4) is 0 Å². The quantitative estimate of drug-likeness (QED) is 0.778. The maximum atomic E-state index is 11.6. The van der Waals surface area contributed by atoms with Crippen LogP contribution in [0.1, 0.15) is 48.0 Å². The van der Waals surface area contributed by atoms with Gasteiger partial charge in [0, 0.05) is 13.0 Å². The lowest BCUT2D eigenvalue weighted by Gasteiger charge is -2.28. The summed E-state index contributed by atoms with van der Waals surface area (Å²) in [6.07, 6.45) is 0.0131. The number of hydrogen-bond acceptors (Lipinski definition) is 2. The third-order valence-electron chi connectivity index (χ3n) is 3.27. The van der Waals surface area contributed by atoms with Crippen molar-refractivity contribution >= 4 is 11.9 Å². The monoisotopic (exact) mass is 243 g/mol. The predicted molar refractivity (Wildman–Crippen MR) is 67.7 cm³/mol. The van der Waals surface area contributed by atoms with Crippen LogP contribution in [0.25, 0.3) is 0 Å². The molecule has 0 spiro atoms. The van der Waals surface area contributed by atoms with Gasteiger partial charge in [-0.25, -0.2) is 0 Å². The number of carboxylic acids is 1. The highest BCUT2D eigenvalue weighted by Crippen LogP contribution is 2.25. The maximum Gasteiger partial charge on any atom is 0.309 e. The van der Waals surface area contributed by atoms with Crippen molar-refractivity contribution in [3.8, 4) is 0 Å². The fourth-order valence-corrected chi connectivity index (χ4v) is 1.11. The van der Waals surface area contributed by atoms with Crippen LogP contribution >= 0.6 is 0 Å². The van der Waals surface area contributed by atoms with Gasteiger partial charge < -0.3 is 10.4 Å². The molecule has 4 heteroatoms. The highest BCUT2D eigenvalue weighted by atomic mass is 16.4. The Kier molecular flexibility index (Phi) is 5.17. The third-order valence-corrected chi connectivity index (χ3v) is 3.27. The van der Waals surface area contributed by atoms with Crippen molar-refractivity contribution in [1.82, 2.24) is 5.32 Å². The Morgan fingerprint density at radius 3 is 2.00 bits per heavy atom. The van der Waals surface area contributed by atoms with E-state index >= 15 is 0 Å². The molecule has 0 aromatic rings. The second-order valence-corrected chi connectivity index (χ2v) is 6.44. The summed E-state index contributed by atoms with van der Waals surface area (Å²) in [6.45, 7) is 12.1. The largest absolute Gasteiger partial charge is 0.481 e. The number of aliphatic carboxylic acids is 1. The summed E-state index contributed by atoms with van der Waals surface area (Å²) in [4.78, 5) is 22.5. The lowest BCUT2D eigenvalue weighted by atomic mass is 9.82. The van der Waals surface area contributed by atoms with E-state index in [1.165, 1.54) is 0 Å². The Morgan fingerprint density at radius 1 is 1.18 bits per heavy atom. The van der Waals surface area contributed by atoms with E-state index in [1.807, 2.05) is 0 Å². The van der Waals surface area contributed by atoms with Crippen LogP contribution in [0.4, 0.5) is 0 Å². The van der Waals surface area contributed by atoms with E-state index in [4.69, 9.17) is 5.11 Å². The molecule has 0 saturated carbocycles. The Labute approximate surface area is 104 Å². The van der Waals surface area contributed by atoms with Crippen LogP contribution in [-0.4, -0.2) is 23.5 Å². The smallest absolute Gasteiger partial charge is 0.309 e. The molecule has 0 heterocycles. The van der Waals surface area contributed by atoms with E-state index in [-0.39, 0.29) is 17.7 Å². The van der Waals surface area contributed by atoms with Crippen molar-refractivity contribution in [2.24, 2.45) is 16.7 Å². The minimum atomic E-state index is -1.00. The normalized spacial score (nSPS) is 14.2. The summed E-state index contributed by atoms with van der Waals surface area (Å²) in [6, 6.07) is 0. The van der Waals surface area contributed by atoms with Crippen LogP contribution in [0.15, 0.2) is 0 Å². The van der Waals surface area contributed by atoms with Crippen molar-refractivity contribution in [2.75, 3.05) is 6.54 Å². The second kappa shape index (κ2) is 5.52. The van der Waals surface area contributed by atoms with Crippen molar-refractivity contribution < 1.29 is 14.7 Å². The van der Waals surface area contributed by atoms with Crippen LogP contribution in [-0.2, 0) is 9.59 Å². The molecule has 1 unspecified atom stereocenters. The molecule has 17 heavy (non-hydrogen) atoms. The molecule has 0 bridgehead atoms. The van der Waals surface area contributed by atoms with E-state index in [0.717, 1.165) is 0 Å². The van der Waals surface area contributed by atoms with E-state index in [2.05, 4.69) is 33.0 Å². The Bertz CT molecular complexity index is 290. The number of nitrogens with one attached hydrogen (secondary N) is 1. The van der Waals surface area contributed by atoms with Gasteiger partial charge in [-0.2, -0.15) is 0 Å². The zero-order valence-electron chi connectivity index (χ0n) is 11.8.